The first-order chi connectivity index (χ1) is 14.5. The first kappa shape index (κ1) is 20.3. The molecule has 30 heavy (non-hydrogen) atoms. The van der Waals surface area contributed by atoms with Crippen molar-refractivity contribution in [2.45, 2.75) is 31.7 Å². The van der Waals surface area contributed by atoms with Crippen LogP contribution in [-0.2, 0) is 11.8 Å². The average Bonchev–Trinajstić information content (AvgIpc) is 3.38. The molecular formula is C22H28N4O4. The fraction of sp³-hybridized carbons (Fsp3) is 0.500. The van der Waals surface area contributed by atoms with Crippen molar-refractivity contribution in [3.63, 3.8) is 0 Å². The lowest BCUT2D eigenvalue weighted by molar-refractivity contribution is -0.130. The zero-order valence-electron chi connectivity index (χ0n) is 17.8. The molecule has 3 heterocycles. The summed E-state index contributed by atoms with van der Waals surface area (Å²) in [6.07, 6.45) is 3.26. The third-order valence-corrected chi connectivity index (χ3v) is 6.08. The number of piperidine rings is 1. The summed E-state index contributed by atoms with van der Waals surface area (Å²) in [5.41, 5.74) is 1.97. The molecule has 2 aliphatic heterocycles. The van der Waals surface area contributed by atoms with E-state index < -0.39 is 0 Å². The minimum atomic E-state index is -0.0377. The van der Waals surface area contributed by atoms with Crippen molar-refractivity contribution in [1.29, 1.82) is 0 Å². The van der Waals surface area contributed by atoms with E-state index in [1.54, 1.807) is 32.0 Å². The second-order valence-corrected chi connectivity index (χ2v) is 7.82. The highest BCUT2D eigenvalue weighted by Gasteiger charge is 2.33. The molecule has 0 spiro atoms. The minimum Gasteiger partial charge on any atom is -0.497 e. The molecule has 8 heteroatoms. The van der Waals surface area contributed by atoms with Crippen LogP contribution in [0.15, 0.2) is 24.3 Å². The van der Waals surface area contributed by atoms with E-state index in [1.807, 2.05) is 28.0 Å². The number of benzene rings is 1. The van der Waals surface area contributed by atoms with E-state index in [9.17, 15) is 9.59 Å². The Bertz CT molecular complexity index is 947. The number of aromatic nitrogens is 2. The van der Waals surface area contributed by atoms with E-state index in [0.29, 0.717) is 42.4 Å². The van der Waals surface area contributed by atoms with Gasteiger partial charge in [0.05, 0.1) is 19.9 Å². The van der Waals surface area contributed by atoms with Gasteiger partial charge in [-0.25, -0.2) is 0 Å². The predicted octanol–water partition coefficient (Wildman–Crippen LogP) is 2.33. The molecule has 2 aromatic rings. The van der Waals surface area contributed by atoms with E-state index in [0.717, 1.165) is 31.4 Å². The molecule has 0 bridgehead atoms. The lowest BCUT2D eigenvalue weighted by Gasteiger charge is -2.36. The van der Waals surface area contributed by atoms with Crippen molar-refractivity contribution in [3.05, 3.63) is 30.0 Å². The Kier molecular flexibility index (Phi) is 5.65. The van der Waals surface area contributed by atoms with E-state index in [4.69, 9.17) is 9.47 Å². The third-order valence-electron chi connectivity index (χ3n) is 6.08. The van der Waals surface area contributed by atoms with Crippen LogP contribution < -0.4 is 9.47 Å². The van der Waals surface area contributed by atoms with E-state index >= 15 is 0 Å². The van der Waals surface area contributed by atoms with Crippen LogP contribution in [0.1, 0.15) is 36.2 Å². The highest BCUT2D eigenvalue weighted by Crippen LogP contribution is 2.33. The Balaban J connectivity index is 1.50. The lowest BCUT2D eigenvalue weighted by Crippen LogP contribution is -2.47. The Morgan fingerprint density at radius 2 is 1.87 bits per heavy atom. The SMILES string of the molecule is COc1ccc(OC)c(-c2cc(C(=O)N3CCC(N4CCCC4=O)CC3)n(C)n2)c1. The average molecular weight is 412 g/mol. The zero-order valence-corrected chi connectivity index (χ0v) is 17.8. The normalized spacial score (nSPS) is 17.5. The predicted molar refractivity (Wildman–Crippen MR) is 112 cm³/mol. The molecule has 0 N–H and O–H groups in total. The van der Waals surface area contributed by atoms with Gasteiger partial charge in [0.25, 0.3) is 5.91 Å². The number of aryl methyl sites for hydroxylation is 1. The third kappa shape index (κ3) is 3.74. The fourth-order valence-electron chi connectivity index (χ4n) is 4.41. The molecule has 4 rings (SSSR count). The van der Waals surface area contributed by atoms with Crippen molar-refractivity contribution in [2.24, 2.45) is 7.05 Å². The number of nitrogens with zero attached hydrogens (tertiary/aromatic N) is 4. The Hall–Kier alpha value is -3.03. The van der Waals surface area contributed by atoms with Gasteiger partial charge in [-0.05, 0) is 43.5 Å². The minimum absolute atomic E-state index is 0.0377. The number of hydrogen-bond acceptors (Lipinski definition) is 5. The zero-order chi connectivity index (χ0) is 21.3. The molecule has 2 fully saturated rings. The van der Waals surface area contributed by atoms with Gasteiger partial charge in [0.1, 0.15) is 17.2 Å². The van der Waals surface area contributed by atoms with Gasteiger partial charge in [-0.2, -0.15) is 5.10 Å². The van der Waals surface area contributed by atoms with Gasteiger partial charge in [-0.15, -0.1) is 0 Å². The second kappa shape index (κ2) is 8.38. The second-order valence-electron chi connectivity index (χ2n) is 7.82. The number of carbonyl (C=O) groups excluding carboxylic acids is 2. The van der Waals surface area contributed by atoms with Gasteiger partial charge in [0, 0.05) is 44.7 Å². The van der Waals surface area contributed by atoms with Crippen LogP contribution in [0.4, 0.5) is 0 Å². The molecule has 160 valence electrons. The van der Waals surface area contributed by atoms with Gasteiger partial charge in [0.15, 0.2) is 0 Å². The van der Waals surface area contributed by atoms with Crippen LogP contribution in [0.2, 0.25) is 0 Å². The monoisotopic (exact) mass is 412 g/mol. The number of carbonyl (C=O) groups is 2. The molecule has 2 saturated heterocycles. The van der Waals surface area contributed by atoms with Crippen molar-refractivity contribution in [2.75, 3.05) is 33.9 Å². The molecule has 2 amide bonds. The number of ether oxygens (including phenoxy) is 2. The molecule has 0 atom stereocenters. The van der Waals surface area contributed by atoms with Gasteiger partial charge in [-0.3, -0.25) is 14.3 Å². The van der Waals surface area contributed by atoms with Gasteiger partial charge >= 0.3 is 0 Å². The number of hydrogen-bond donors (Lipinski definition) is 0. The van der Waals surface area contributed by atoms with E-state index in [-0.39, 0.29) is 17.9 Å². The van der Waals surface area contributed by atoms with Gasteiger partial charge in [0.2, 0.25) is 5.91 Å². The summed E-state index contributed by atoms with van der Waals surface area (Å²) in [5.74, 6) is 1.58. The molecule has 0 aliphatic carbocycles. The largest absolute Gasteiger partial charge is 0.497 e. The van der Waals surface area contributed by atoms with Crippen molar-refractivity contribution in [3.8, 4) is 22.8 Å². The molecule has 0 radical (unpaired) electrons. The molecular weight excluding hydrogens is 384 g/mol. The number of likely N-dealkylation sites (tertiary alicyclic amines) is 2. The van der Waals surface area contributed by atoms with Crippen LogP contribution in [0.25, 0.3) is 11.3 Å². The van der Waals surface area contributed by atoms with Crippen molar-refractivity contribution >= 4 is 11.8 Å². The number of methoxy groups -OCH3 is 2. The summed E-state index contributed by atoms with van der Waals surface area (Å²) in [6, 6.07) is 7.57. The molecule has 0 unspecified atom stereocenters. The maximum absolute atomic E-state index is 13.2. The van der Waals surface area contributed by atoms with Crippen LogP contribution in [0.5, 0.6) is 11.5 Å². The van der Waals surface area contributed by atoms with E-state index in [2.05, 4.69) is 5.10 Å². The van der Waals surface area contributed by atoms with Crippen molar-refractivity contribution in [1.82, 2.24) is 19.6 Å². The Morgan fingerprint density at radius 1 is 1.10 bits per heavy atom. The standard InChI is InChI=1S/C22H28N4O4/c1-24-19(14-18(23-24)17-13-16(29-2)6-7-20(17)30-3)22(28)25-11-8-15(9-12-25)26-10-4-5-21(26)27/h6-7,13-15H,4-5,8-12H2,1-3H3. The summed E-state index contributed by atoms with van der Waals surface area (Å²) in [4.78, 5) is 29.0. The molecule has 8 nitrogen and oxygen atoms in total. The summed E-state index contributed by atoms with van der Waals surface area (Å²) >= 11 is 0. The first-order valence-corrected chi connectivity index (χ1v) is 10.4. The molecule has 1 aromatic carbocycles. The highest BCUT2D eigenvalue weighted by atomic mass is 16.5. The van der Waals surface area contributed by atoms with Crippen LogP contribution >= 0.6 is 0 Å². The number of amides is 2. The first-order valence-electron chi connectivity index (χ1n) is 10.4. The van der Waals surface area contributed by atoms with Crippen molar-refractivity contribution < 1.29 is 19.1 Å². The summed E-state index contributed by atoms with van der Waals surface area (Å²) in [7, 11) is 4.99. The smallest absolute Gasteiger partial charge is 0.272 e. The summed E-state index contributed by atoms with van der Waals surface area (Å²) in [5, 5.41) is 4.55. The summed E-state index contributed by atoms with van der Waals surface area (Å²) in [6.45, 7) is 2.15. The van der Waals surface area contributed by atoms with Gasteiger partial charge < -0.3 is 19.3 Å². The Labute approximate surface area is 176 Å². The maximum Gasteiger partial charge on any atom is 0.272 e. The molecule has 2 aliphatic rings. The van der Waals surface area contributed by atoms with Crippen LogP contribution in [0.3, 0.4) is 0 Å². The lowest BCUT2D eigenvalue weighted by atomic mass is 10.0. The van der Waals surface area contributed by atoms with Crippen LogP contribution in [0, 0.1) is 0 Å². The van der Waals surface area contributed by atoms with Crippen LogP contribution in [-0.4, -0.2) is 71.3 Å². The molecule has 0 saturated carbocycles. The topological polar surface area (TPSA) is 76.9 Å². The number of rotatable bonds is 5. The quantitative estimate of drug-likeness (QED) is 0.753. The maximum atomic E-state index is 13.2. The Morgan fingerprint density at radius 3 is 2.50 bits per heavy atom. The molecule has 1 aromatic heterocycles. The highest BCUT2D eigenvalue weighted by molar-refractivity contribution is 5.94. The summed E-state index contributed by atoms with van der Waals surface area (Å²) < 4.78 is 12.4. The fourth-order valence-corrected chi connectivity index (χ4v) is 4.41. The van der Waals surface area contributed by atoms with Gasteiger partial charge in [-0.1, -0.05) is 0 Å². The van der Waals surface area contributed by atoms with E-state index in [1.165, 1.54) is 0 Å².